The maximum absolute atomic E-state index is 11.4. The second-order valence-corrected chi connectivity index (χ2v) is 4.82. The number of likely N-dealkylation sites (N-methyl/N-ethyl adjacent to an activating group) is 2. The molecule has 1 N–H and O–H groups in total. The number of aryl methyl sites for hydroxylation is 1. The molecule has 1 aromatic heterocycles. The van der Waals surface area contributed by atoms with Crippen molar-refractivity contribution >= 4 is 11.1 Å². The molecule has 0 spiro atoms. The summed E-state index contributed by atoms with van der Waals surface area (Å²) in [6, 6.07) is 5.89. The summed E-state index contributed by atoms with van der Waals surface area (Å²) in [5.41, 5.74) is 2.68. The summed E-state index contributed by atoms with van der Waals surface area (Å²) in [6.07, 6.45) is 0. The van der Waals surface area contributed by atoms with Gasteiger partial charge >= 0.3 is 5.76 Å². The van der Waals surface area contributed by atoms with Crippen molar-refractivity contribution in [2.24, 2.45) is 7.05 Å². The highest BCUT2D eigenvalue weighted by Crippen LogP contribution is 2.15. The Morgan fingerprint density at radius 1 is 1.42 bits per heavy atom. The number of nitrogens with one attached hydrogen (secondary N) is 1. The third kappa shape index (κ3) is 3.24. The second-order valence-electron chi connectivity index (χ2n) is 4.82. The Hall–Kier alpha value is -1.59. The zero-order chi connectivity index (χ0) is 13.8. The van der Waals surface area contributed by atoms with Crippen LogP contribution in [0.25, 0.3) is 11.1 Å². The lowest BCUT2D eigenvalue weighted by Gasteiger charge is -2.16. The van der Waals surface area contributed by atoms with E-state index >= 15 is 0 Å². The van der Waals surface area contributed by atoms with Crippen molar-refractivity contribution in [3.05, 3.63) is 34.3 Å². The molecule has 0 unspecified atom stereocenters. The van der Waals surface area contributed by atoms with Crippen LogP contribution >= 0.6 is 0 Å². The minimum Gasteiger partial charge on any atom is -0.408 e. The highest BCUT2D eigenvalue weighted by atomic mass is 16.4. The van der Waals surface area contributed by atoms with Crippen LogP contribution in [0.2, 0.25) is 0 Å². The summed E-state index contributed by atoms with van der Waals surface area (Å²) in [4.78, 5) is 13.7. The number of rotatable bonds is 6. The van der Waals surface area contributed by atoms with Crippen molar-refractivity contribution in [2.45, 2.75) is 13.5 Å². The number of hydrogen-bond donors (Lipinski definition) is 1. The molecule has 1 aromatic carbocycles. The van der Waals surface area contributed by atoms with E-state index in [2.05, 4.69) is 24.2 Å². The van der Waals surface area contributed by atoms with Gasteiger partial charge in [-0.15, -0.1) is 0 Å². The summed E-state index contributed by atoms with van der Waals surface area (Å²) < 4.78 is 6.66. The predicted molar refractivity (Wildman–Crippen MR) is 76.3 cm³/mol. The summed E-state index contributed by atoms with van der Waals surface area (Å²) in [5.74, 6) is -0.312. The van der Waals surface area contributed by atoms with Crippen LogP contribution in [0.3, 0.4) is 0 Å². The van der Waals surface area contributed by atoms with Crippen LogP contribution in [-0.4, -0.2) is 36.1 Å². The van der Waals surface area contributed by atoms with Crippen molar-refractivity contribution in [3.63, 3.8) is 0 Å². The van der Waals surface area contributed by atoms with Gasteiger partial charge in [0.15, 0.2) is 5.58 Å². The van der Waals surface area contributed by atoms with E-state index in [9.17, 15) is 4.79 Å². The molecule has 0 saturated carbocycles. The zero-order valence-electron chi connectivity index (χ0n) is 11.8. The van der Waals surface area contributed by atoms with E-state index in [1.165, 1.54) is 10.1 Å². The molecule has 0 aliphatic heterocycles. The number of benzene rings is 1. The fourth-order valence-electron chi connectivity index (χ4n) is 2.11. The van der Waals surface area contributed by atoms with Crippen molar-refractivity contribution in [2.75, 3.05) is 26.7 Å². The van der Waals surface area contributed by atoms with E-state index in [-0.39, 0.29) is 5.76 Å². The molecule has 1 heterocycles. The monoisotopic (exact) mass is 263 g/mol. The highest BCUT2D eigenvalue weighted by molar-refractivity contribution is 5.73. The van der Waals surface area contributed by atoms with Crippen LogP contribution in [0.15, 0.2) is 27.4 Å². The smallest absolute Gasteiger partial charge is 0.408 e. The first-order valence-corrected chi connectivity index (χ1v) is 6.59. The number of oxazole rings is 1. The Bertz CT molecular complexity index is 600. The number of aromatic nitrogens is 1. The van der Waals surface area contributed by atoms with E-state index in [0.29, 0.717) is 5.58 Å². The van der Waals surface area contributed by atoms with Gasteiger partial charge in [-0.1, -0.05) is 13.0 Å². The van der Waals surface area contributed by atoms with Crippen molar-refractivity contribution in [1.82, 2.24) is 14.8 Å². The maximum Gasteiger partial charge on any atom is 0.419 e. The normalized spacial score (nSPS) is 11.6. The summed E-state index contributed by atoms with van der Waals surface area (Å²) in [7, 11) is 3.82. The topological polar surface area (TPSA) is 50.4 Å². The number of nitrogens with zero attached hydrogens (tertiary/aromatic N) is 2. The Labute approximate surface area is 112 Å². The molecule has 5 nitrogen and oxygen atoms in total. The second kappa shape index (κ2) is 6.04. The molecule has 0 fully saturated rings. The van der Waals surface area contributed by atoms with Gasteiger partial charge in [0.25, 0.3) is 0 Å². The average Bonchev–Trinajstić information content (AvgIpc) is 2.66. The maximum atomic E-state index is 11.4. The van der Waals surface area contributed by atoms with Crippen LogP contribution in [0.4, 0.5) is 0 Å². The van der Waals surface area contributed by atoms with Gasteiger partial charge in [0, 0.05) is 26.7 Å². The quantitative estimate of drug-likeness (QED) is 0.795. The molecule has 0 aliphatic carbocycles. The number of hydrogen-bond acceptors (Lipinski definition) is 4. The van der Waals surface area contributed by atoms with E-state index in [1.807, 2.05) is 18.2 Å². The van der Waals surface area contributed by atoms with Gasteiger partial charge in [0.1, 0.15) is 0 Å². The van der Waals surface area contributed by atoms with Gasteiger partial charge < -0.3 is 14.6 Å². The highest BCUT2D eigenvalue weighted by Gasteiger charge is 2.07. The van der Waals surface area contributed by atoms with Crippen LogP contribution < -0.4 is 11.1 Å². The van der Waals surface area contributed by atoms with E-state index in [1.54, 1.807) is 7.05 Å². The summed E-state index contributed by atoms with van der Waals surface area (Å²) in [6.45, 7) is 5.95. The van der Waals surface area contributed by atoms with Crippen LogP contribution in [0.5, 0.6) is 0 Å². The van der Waals surface area contributed by atoms with Crippen molar-refractivity contribution < 1.29 is 4.42 Å². The minimum absolute atomic E-state index is 0.312. The Morgan fingerprint density at radius 2 is 2.21 bits per heavy atom. The number of fused-ring (bicyclic) bond motifs is 1. The molecule has 0 amide bonds. The fraction of sp³-hybridized carbons (Fsp3) is 0.500. The molecule has 2 aromatic rings. The van der Waals surface area contributed by atoms with Crippen LogP contribution in [-0.2, 0) is 13.6 Å². The molecule has 0 bridgehead atoms. The lowest BCUT2D eigenvalue weighted by Crippen LogP contribution is -2.28. The van der Waals surface area contributed by atoms with Gasteiger partial charge in [0.05, 0.1) is 5.52 Å². The molecule has 0 atom stereocenters. The van der Waals surface area contributed by atoms with Crippen LogP contribution in [0, 0.1) is 0 Å². The molecule has 0 aliphatic rings. The Kier molecular flexibility index (Phi) is 4.39. The molecule has 104 valence electrons. The van der Waals surface area contributed by atoms with Gasteiger partial charge in [-0.05, 0) is 31.3 Å². The molecule has 2 rings (SSSR count). The Balaban J connectivity index is 2.08. The molecule has 19 heavy (non-hydrogen) atoms. The first kappa shape index (κ1) is 13.8. The van der Waals surface area contributed by atoms with Crippen molar-refractivity contribution in [3.8, 4) is 0 Å². The van der Waals surface area contributed by atoms with E-state index in [4.69, 9.17) is 4.42 Å². The fourth-order valence-corrected chi connectivity index (χ4v) is 2.11. The third-order valence-electron chi connectivity index (χ3n) is 3.23. The molecule has 0 saturated heterocycles. The first-order chi connectivity index (χ1) is 9.11. The first-order valence-electron chi connectivity index (χ1n) is 6.59. The summed E-state index contributed by atoms with van der Waals surface area (Å²) >= 11 is 0. The standard InChI is InChI=1S/C14H21N3O2/c1-4-15-7-8-16(2)10-11-5-6-13-12(9-11)17(3)14(18)19-13/h5-6,9,15H,4,7-8,10H2,1-3H3. The van der Waals surface area contributed by atoms with Gasteiger partial charge in [-0.2, -0.15) is 0 Å². The average molecular weight is 263 g/mol. The third-order valence-corrected chi connectivity index (χ3v) is 3.23. The Morgan fingerprint density at radius 3 is 2.95 bits per heavy atom. The minimum atomic E-state index is -0.312. The predicted octanol–water partition coefficient (Wildman–Crippen LogP) is 1.17. The largest absolute Gasteiger partial charge is 0.419 e. The summed E-state index contributed by atoms with van der Waals surface area (Å²) in [5, 5.41) is 3.30. The van der Waals surface area contributed by atoms with Crippen molar-refractivity contribution in [1.29, 1.82) is 0 Å². The van der Waals surface area contributed by atoms with E-state index < -0.39 is 0 Å². The lowest BCUT2D eigenvalue weighted by atomic mass is 10.2. The molecular weight excluding hydrogens is 242 g/mol. The van der Waals surface area contributed by atoms with Crippen LogP contribution in [0.1, 0.15) is 12.5 Å². The lowest BCUT2D eigenvalue weighted by molar-refractivity contribution is 0.326. The molecule has 0 radical (unpaired) electrons. The molecule has 5 heteroatoms. The van der Waals surface area contributed by atoms with Gasteiger partial charge in [0.2, 0.25) is 0 Å². The van der Waals surface area contributed by atoms with Gasteiger partial charge in [-0.3, -0.25) is 4.57 Å². The van der Waals surface area contributed by atoms with Gasteiger partial charge in [-0.25, -0.2) is 4.79 Å². The zero-order valence-corrected chi connectivity index (χ0v) is 11.8. The van der Waals surface area contributed by atoms with E-state index in [0.717, 1.165) is 31.7 Å². The SMILES string of the molecule is CCNCCN(C)Cc1ccc2oc(=O)n(C)c2c1. The molecular formula is C14H21N3O2.